The second-order valence-corrected chi connectivity index (χ2v) is 6.68. The maximum absolute atomic E-state index is 12.5. The quantitative estimate of drug-likeness (QED) is 0.624. The van der Waals surface area contributed by atoms with Crippen LogP contribution in [0.1, 0.15) is 6.92 Å². The molecule has 3 rings (SSSR count). The summed E-state index contributed by atoms with van der Waals surface area (Å²) >= 11 is 4.82. The molecule has 1 amide bonds. The van der Waals surface area contributed by atoms with Gasteiger partial charge in [-0.15, -0.1) is 10.2 Å². The van der Waals surface area contributed by atoms with E-state index in [0.29, 0.717) is 17.5 Å². The molecule has 2 heterocycles. The van der Waals surface area contributed by atoms with Gasteiger partial charge in [0.1, 0.15) is 0 Å². The first-order chi connectivity index (χ1) is 11.2. The average molecular weight is 391 g/mol. The first-order valence-corrected chi connectivity index (χ1v) is 8.95. The van der Waals surface area contributed by atoms with Crippen molar-refractivity contribution in [3.05, 3.63) is 53.1 Å². The Balaban J connectivity index is 1.73. The number of aromatic nitrogens is 3. The number of halogens is 1. The fraction of sp³-hybridized carbons (Fsp3) is 0.188. The highest BCUT2D eigenvalue weighted by molar-refractivity contribution is 9.10. The van der Waals surface area contributed by atoms with Gasteiger partial charge in [-0.3, -0.25) is 9.20 Å². The normalized spacial score (nSPS) is 10.9. The minimum absolute atomic E-state index is 0.0513. The smallest absolute Gasteiger partial charge is 0.237 e. The van der Waals surface area contributed by atoms with E-state index in [1.807, 2.05) is 60.0 Å². The van der Waals surface area contributed by atoms with Crippen molar-refractivity contribution in [1.82, 2.24) is 14.6 Å². The number of thioether (sulfide) groups is 1. The second-order valence-electron chi connectivity index (χ2n) is 4.82. The minimum atomic E-state index is 0.0513. The van der Waals surface area contributed by atoms with E-state index in [9.17, 15) is 4.79 Å². The van der Waals surface area contributed by atoms with E-state index < -0.39 is 0 Å². The number of hydrogen-bond acceptors (Lipinski definition) is 4. The summed E-state index contributed by atoms with van der Waals surface area (Å²) in [7, 11) is 0. The van der Waals surface area contributed by atoms with Crippen LogP contribution in [0, 0.1) is 0 Å². The van der Waals surface area contributed by atoms with E-state index in [0.717, 1.165) is 15.8 Å². The van der Waals surface area contributed by atoms with E-state index in [-0.39, 0.29) is 5.91 Å². The summed E-state index contributed by atoms with van der Waals surface area (Å²) in [5.74, 6) is 0.367. The molecular formula is C16H15BrN4OS. The first-order valence-electron chi connectivity index (χ1n) is 7.17. The highest BCUT2D eigenvalue weighted by Gasteiger charge is 2.15. The molecule has 0 atom stereocenters. The van der Waals surface area contributed by atoms with Gasteiger partial charge in [0.15, 0.2) is 10.8 Å². The number of pyridine rings is 1. The Morgan fingerprint density at radius 1 is 1.22 bits per heavy atom. The van der Waals surface area contributed by atoms with Gasteiger partial charge < -0.3 is 4.90 Å². The van der Waals surface area contributed by atoms with Crippen LogP contribution >= 0.6 is 27.7 Å². The number of nitrogens with zero attached hydrogens (tertiary/aromatic N) is 4. The highest BCUT2D eigenvalue weighted by Crippen LogP contribution is 2.21. The molecule has 0 aliphatic rings. The van der Waals surface area contributed by atoms with Crippen LogP contribution in [0.15, 0.2) is 58.3 Å². The van der Waals surface area contributed by atoms with Gasteiger partial charge in [0.25, 0.3) is 0 Å². The van der Waals surface area contributed by atoms with Crippen molar-refractivity contribution >= 4 is 44.9 Å². The molecule has 118 valence electrons. The van der Waals surface area contributed by atoms with Gasteiger partial charge in [-0.25, -0.2) is 0 Å². The zero-order valence-corrected chi connectivity index (χ0v) is 14.9. The Morgan fingerprint density at radius 3 is 2.74 bits per heavy atom. The first kappa shape index (κ1) is 16.0. The van der Waals surface area contributed by atoms with Crippen molar-refractivity contribution in [3.8, 4) is 0 Å². The number of carbonyl (C=O) groups is 1. The van der Waals surface area contributed by atoms with Crippen molar-refractivity contribution in [3.63, 3.8) is 0 Å². The summed E-state index contributed by atoms with van der Waals surface area (Å²) in [5, 5.41) is 8.97. The van der Waals surface area contributed by atoms with Crippen LogP contribution in [-0.4, -0.2) is 32.8 Å². The topological polar surface area (TPSA) is 50.5 Å². The zero-order chi connectivity index (χ0) is 16.2. The van der Waals surface area contributed by atoms with Crippen molar-refractivity contribution in [1.29, 1.82) is 0 Å². The monoisotopic (exact) mass is 390 g/mol. The molecule has 0 saturated carbocycles. The predicted molar refractivity (Wildman–Crippen MR) is 95.9 cm³/mol. The van der Waals surface area contributed by atoms with Crippen molar-refractivity contribution in [2.45, 2.75) is 12.1 Å². The van der Waals surface area contributed by atoms with Gasteiger partial charge in [0.05, 0.1) is 5.75 Å². The number of amides is 1. The van der Waals surface area contributed by atoms with Crippen LogP contribution in [0.5, 0.6) is 0 Å². The molecule has 23 heavy (non-hydrogen) atoms. The van der Waals surface area contributed by atoms with Crippen molar-refractivity contribution in [2.24, 2.45) is 0 Å². The Morgan fingerprint density at radius 2 is 2.00 bits per heavy atom. The van der Waals surface area contributed by atoms with Crippen LogP contribution in [0.2, 0.25) is 0 Å². The molecule has 0 spiro atoms. The van der Waals surface area contributed by atoms with E-state index >= 15 is 0 Å². The van der Waals surface area contributed by atoms with Crippen molar-refractivity contribution in [2.75, 3.05) is 17.2 Å². The van der Waals surface area contributed by atoms with Gasteiger partial charge in [0, 0.05) is 22.9 Å². The number of carbonyl (C=O) groups excluding carboxylic acids is 1. The molecular weight excluding hydrogens is 376 g/mol. The number of para-hydroxylation sites is 1. The van der Waals surface area contributed by atoms with Gasteiger partial charge in [0.2, 0.25) is 5.91 Å². The van der Waals surface area contributed by atoms with Gasteiger partial charge in [-0.1, -0.05) is 30.0 Å². The maximum Gasteiger partial charge on any atom is 0.237 e. The largest absolute Gasteiger partial charge is 0.312 e. The molecule has 0 fully saturated rings. The maximum atomic E-state index is 12.5. The Labute approximate surface area is 146 Å². The average Bonchev–Trinajstić information content (AvgIpc) is 2.97. The Bertz CT molecular complexity index is 821. The summed E-state index contributed by atoms with van der Waals surface area (Å²) in [6.07, 6.45) is 1.90. The molecule has 7 heteroatoms. The molecule has 2 aromatic heterocycles. The number of benzene rings is 1. The number of anilines is 1. The lowest BCUT2D eigenvalue weighted by Crippen LogP contribution is -2.32. The van der Waals surface area contributed by atoms with Crippen LogP contribution in [0.4, 0.5) is 5.69 Å². The molecule has 0 aliphatic carbocycles. The van der Waals surface area contributed by atoms with Gasteiger partial charge in [-0.05, 0) is 47.1 Å². The summed E-state index contributed by atoms with van der Waals surface area (Å²) in [4.78, 5) is 14.3. The van der Waals surface area contributed by atoms with E-state index in [1.165, 1.54) is 11.8 Å². The molecule has 0 N–H and O–H groups in total. The van der Waals surface area contributed by atoms with E-state index in [4.69, 9.17) is 0 Å². The second kappa shape index (κ2) is 7.14. The SMILES string of the molecule is CCN(C(=O)CSc1nnc2ccc(Br)cn12)c1ccccc1. The Kier molecular flexibility index (Phi) is 4.97. The zero-order valence-electron chi connectivity index (χ0n) is 12.5. The van der Waals surface area contributed by atoms with Gasteiger partial charge in [-0.2, -0.15) is 0 Å². The fourth-order valence-corrected chi connectivity index (χ4v) is 3.39. The molecule has 0 unspecified atom stereocenters. The van der Waals surface area contributed by atoms with Crippen LogP contribution < -0.4 is 4.90 Å². The van der Waals surface area contributed by atoms with Gasteiger partial charge >= 0.3 is 0 Å². The molecule has 0 bridgehead atoms. The Hall–Kier alpha value is -1.86. The predicted octanol–water partition coefficient (Wildman–Crippen LogP) is 3.64. The molecule has 0 saturated heterocycles. The third-order valence-corrected chi connectivity index (χ3v) is 4.74. The third-order valence-electron chi connectivity index (χ3n) is 3.34. The molecule has 0 aliphatic heterocycles. The summed E-state index contributed by atoms with van der Waals surface area (Å²) in [6.45, 7) is 2.61. The van der Waals surface area contributed by atoms with E-state index in [2.05, 4.69) is 26.1 Å². The van der Waals surface area contributed by atoms with Crippen molar-refractivity contribution < 1.29 is 4.79 Å². The minimum Gasteiger partial charge on any atom is -0.312 e. The standard InChI is InChI=1S/C16H15BrN4OS/c1-2-20(13-6-4-3-5-7-13)15(22)11-23-16-19-18-14-9-8-12(17)10-21(14)16/h3-10H,2,11H2,1H3. The molecule has 5 nitrogen and oxygen atoms in total. The lowest BCUT2D eigenvalue weighted by atomic mass is 10.3. The van der Waals surface area contributed by atoms with Crippen LogP contribution in [-0.2, 0) is 4.79 Å². The number of hydrogen-bond donors (Lipinski definition) is 0. The molecule has 1 aromatic carbocycles. The summed E-state index contributed by atoms with van der Waals surface area (Å²) in [6, 6.07) is 13.5. The third kappa shape index (κ3) is 3.56. The summed E-state index contributed by atoms with van der Waals surface area (Å²) in [5.41, 5.74) is 1.67. The summed E-state index contributed by atoms with van der Waals surface area (Å²) < 4.78 is 2.82. The highest BCUT2D eigenvalue weighted by atomic mass is 79.9. The lowest BCUT2D eigenvalue weighted by molar-refractivity contribution is -0.116. The van der Waals surface area contributed by atoms with E-state index in [1.54, 1.807) is 4.90 Å². The molecule has 0 radical (unpaired) electrons. The number of rotatable bonds is 5. The molecule has 3 aromatic rings. The fourth-order valence-electron chi connectivity index (χ4n) is 2.26. The van der Waals surface area contributed by atoms with Crippen LogP contribution in [0.3, 0.4) is 0 Å². The lowest BCUT2D eigenvalue weighted by Gasteiger charge is -2.20. The van der Waals surface area contributed by atoms with Crippen LogP contribution in [0.25, 0.3) is 5.65 Å². The number of fused-ring (bicyclic) bond motifs is 1.